The van der Waals surface area contributed by atoms with Crippen LogP contribution in [-0.4, -0.2) is 88.4 Å². The molecule has 0 saturated heterocycles. The number of hydrogen-bond donors (Lipinski definition) is 3. The first-order valence-electron chi connectivity index (χ1n) is 15.4. The second-order valence-corrected chi connectivity index (χ2v) is 13.3. The molecule has 0 aromatic heterocycles. The average Bonchev–Trinajstić information content (AvgIpc) is 3.79. The molecule has 0 heterocycles. The van der Waals surface area contributed by atoms with Crippen molar-refractivity contribution in [2.24, 2.45) is 35.3 Å². The van der Waals surface area contributed by atoms with E-state index in [-0.39, 0.29) is 24.2 Å². The van der Waals surface area contributed by atoms with Gasteiger partial charge in [-0.25, -0.2) is 0 Å². The topological polar surface area (TPSA) is 168 Å². The molecule has 3 saturated carbocycles. The van der Waals surface area contributed by atoms with Crippen LogP contribution in [0.1, 0.15) is 46.3 Å². The van der Waals surface area contributed by atoms with Crippen molar-refractivity contribution in [1.29, 1.82) is 0 Å². The van der Waals surface area contributed by atoms with Crippen LogP contribution in [0.25, 0.3) is 0 Å². The average molecular weight is 618 g/mol. The van der Waals surface area contributed by atoms with E-state index in [2.05, 4.69) is 17.0 Å². The molecule has 238 valence electrons. The number of phenolic OH excluding ortho intramolecular Hbond substituents is 1. The first-order valence-corrected chi connectivity index (χ1v) is 15.4. The van der Waals surface area contributed by atoms with E-state index >= 15 is 0 Å². The lowest BCUT2D eigenvalue weighted by atomic mass is 9.52. The monoisotopic (exact) mass is 617 g/mol. The Balaban J connectivity index is 1.38. The third kappa shape index (κ3) is 5.07. The number of primary amides is 1. The molecular formula is C34H39N3O8. The number of phenols is 1. The first kappa shape index (κ1) is 31.1. The molecule has 4 N–H and O–H groups in total. The molecule has 6 atom stereocenters. The van der Waals surface area contributed by atoms with E-state index in [0.717, 1.165) is 24.9 Å². The first-order chi connectivity index (χ1) is 21.4. The predicted octanol–water partition coefficient (Wildman–Crippen LogP) is 1.29. The smallest absolute Gasteiger partial charge is 0.235 e. The van der Waals surface area contributed by atoms with E-state index in [1.165, 1.54) is 18.1 Å². The molecule has 2 unspecified atom stereocenters. The summed E-state index contributed by atoms with van der Waals surface area (Å²) in [7, 11) is 4.63. The second-order valence-electron chi connectivity index (χ2n) is 13.3. The van der Waals surface area contributed by atoms with Gasteiger partial charge in [0.05, 0.1) is 24.6 Å². The van der Waals surface area contributed by atoms with Gasteiger partial charge in [0.25, 0.3) is 0 Å². The number of aromatic hydroxyl groups is 1. The number of nitrogens with two attached hydrogens (primary N) is 1. The number of nitrogens with zero attached hydrogens (tertiary/aromatic N) is 2. The Morgan fingerprint density at radius 2 is 1.76 bits per heavy atom. The fourth-order valence-corrected chi connectivity index (χ4v) is 8.02. The zero-order valence-corrected chi connectivity index (χ0v) is 25.7. The quantitative estimate of drug-likeness (QED) is 0.349. The standard InChI is InChI=1S/C34H39N3O8/c1-36(2)27-22-12-19-11-21-25(28(39)24(19)31(41)34(22,44)32(42)26(29(27)40)33(35)43)23(38)13-20(30(21)45-3)16-37(15-18-9-10-18)14-17-7-5-4-6-8-17/h4-8,13,18-19,22,24,26-27,38,44H,9-12,14-16H2,1-3H3,(H2,35,43)/t19-,22-,24?,26?,27-,34-/m0/s1. The van der Waals surface area contributed by atoms with E-state index in [0.29, 0.717) is 35.9 Å². The van der Waals surface area contributed by atoms with Gasteiger partial charge in [0.2, 0.25) is 5.91 Å². The molecule has 2 aromatic carbocycles. The van der Waals surface area contributed by atoms with Gasteiger partial charge in [0.15, 0.2) is 34.7 Å². The van der Waals surface area contributed by atoms with Gasteiger partial charge in [-0.05, 0) is 63.2 Å². The fraction of sp³-hybridized carbons (Fsp3) is 0.500. The van der Waals surface area contributed by atoms with Crippen LogP contribution in [0.3, 0.4) is 0 Å². The molecule has 2 aromatic rings. The Labute approximate surface area is 261 Å². The number of amides is 1. The number of ketones is 4. The Morgan fingerprint density at radius 1 is 1.07 bits per heavy atom. The summed E-state index contributed by atoms with van der Waals surface area (Å²) in [6.45, 7) is 2.02. The van der Waals surface area contributed by atoms with Gasteiger partial charge < -0.3 is 20.7 Å². The SMILES string of the molecule is COc1c(CN(Cc2ccccc2)CC2CC2)cc(O)c2c1C[C@H]1C[C@H]3[C@H](N(C)C)C(=O)C(C(N)=O)C(=O)[C@@]3(O)C(=O)C1C2=O. The maximum atomic E-state index is 14.1. The van der Waals surface area contributed by atoms with Crippen molar-refractivity contribution >= 4 is 29.0 Å². The van der Waals surface area contributed by atoms with Gasteiger partial charge in [-0.3, -0.25) is 33.8 Å². The van der Waals surface area contributed by atoms with Crippen molar-refractivity contribution in [2.45, 2.75) is 50.4 Å². The number of likely N-dealkylation sites (N-methyl/N-ethyl adjacent to an activating group) is 1. The lowest BCUT2D eigenvalue weighted by Crippen LogP contribution is -2.74. The summed E-state index contributed by atoms with van der Waals surface area (Å²) in [6.07, 6.45) is 2.46. The summed E-state index contributed by atoms with van der Waals surface area (Å²) < 4.78 is 5.89. The van der Waals surface area contributed by atoms with Crippen LogP contribution in [0.2, 0.25) is 0 Å². The Kier molecular flexibility index (Phi) is 7.91. The van der Waals surface area contributed by atoms with Gasteiger partial charge in [0, 0.05) is 36.7 Å². The van der Waals surface area contributed by atoms with Gasteiger partial charge >= 0.3 is 0 Å². The number of rotatable bonds is 9. The van der Waals surface area contributed by atoms with Crippen molar-refractivity contribution in [3.05, 3.63) is 58.7 Å². The van der Waals surface area contributed by atoms with E-state index in [1.54, 1.807) is 14.1 Å². The molecule has 11 heteroatoms. The molecule has 6 rings (SSSR count). The summed E-state index contributed by atoms with van der Waals surface area (Å²) in [5.74, 6) is -9.65. The van der Waals surface area contributed by atoms with Gasteiger partial charge in [-0.2, -0.15) is 0 Å². The van der Waals surface area contributed by atoms with Crippen molar-refractivity contribution in [2.75, 3.05) is 27.7 Å². The van der Waals surface area contributed by atoms with E-state index in [4.69, 9.17) is 10.5 Å². The Morgan fingerprint density at radius 3 is 2.36 bits per heavy atom. The predicted molar refractivity (Wildman–Crippen MR) is 161 cm³/mol. The molecule has 45 heavy (non-hydrogen) atoms. The number of Topliss-reactive ketones (excluding diaryl/α,β-unsaturated/α-hetero) is 4. The lowest BCUT2D eigenvalue weighted by Gasteiger charge is -2.52. The third-order valence-electron chi connectivity index (χ3n) is 10.1. The molecule has 1 amide bonds. The molecule has 11 nitrogen and oxygen atoms in total. The fourth-order valence-electron chi connectivity index (χ4n) is 8.02. The second kappa shape index (κ2) is 11.5. The number of fused-ring (bicyclic) bond motifs is 3. The molecule has 4 aliphatic carbocycles. The van der Waals surface area contributed by atoms with Gasteiger partial charge in [-0.15, -0.1) is 0 Å². The third-order valence-corrected chi connectivity index (χ3v) is 10.1. The highest BCUT2D eigenvalue weighted by molar-refractivity contribution is 6.32. The normalized spacial score (nSPS) is 29.4. The number of carbonyl (C=O) groups is 5. The number of carbonyl (C=O) groups excluding carboxylic acids is 5. The maximum absolute atomic E-state index is 14.1. The maximum Gasteiger partial charge on any atom is 0.235 e. The highest BCUT2D eigenvalue weighted by atomic mass is 16.5. The summed E-state index contributed by atoms with van der Waals surface area (Å²) in [6, 6.07) is 10.4. The van der Waals surface area contributed by atoms with Crippen LogP contribution in [0.5, 0.6) is 11.5 Å². The Hall–Kier alpha value is -3.93. The van der Waals surface area contributed by atoms with Crippen LogP contribution in [0.4, 0.5) is 0 Å². The number of methoxy groups -OCH3 is 1. The molecule has 3 fully saturated rings. The number of ether oxygens (including phenoxy) is 1. The summed E-state index contributed by atoms with van der Waals surface area (Å²) in [5, 5.41) is 23.0. The number of aliphatic hydroxyl groups is 1. The molecule has 0 bridgehead atoms. The van der Waals surface area contributed by atoms with Crippen LogP contribution in [-0.2, 0) is 38.7 Å². The lowest BCUT2D eigenvalue weighted by molar-refractivity contribution is -0.181. The minimum atomic E-state index is -2.75. The van der Waals surface area contributed by atoms with E-state index in [9.17, 15) is 34.2 Å². The van der Waals surface area contributed by atoms with Crippen molar-refractivity contribution in [1.82, 2.24) is 9.80 Å². The molecular weight excluding hydrogens is 578 g/mol. The highest BCUT2D eigenvalue weighted by Gasteiger charge is 2.69. The van der Waals surface area contributed by atoms with Crippen molar-refractivity contribution < 1.29 is 38.9 Å². The summed E-state index contributed by atoms with van der Waals surface area (Å²) >= 11 is 0. The molecule has 0 radical (unpaired) electrons. The summed E-state index contributed by atoms with van der Waals surface area (Å²) in [5.41, 5.74) is 4.89. The minimum Gasteiger partial charge on any atom is -0.507 e. The molecule has 0 aliphatic heterocycles. The van der Waals surface area contributed by atoms with Crippen molar-refractivity contribution in [3.8, 4) is 11.5 Å². The highest BCUT2D eigenvalue weighted by Crippen LogP contribution is 2.52. The van der Waals surface area contributed by atoms with Crippen LogP contribution in [0.15, 0.2) is 36.4 Å². The van der Waals surface area contributed by atoms with Crippen LogP contribution < -0.4 is 10.5 Å². The minimum absolute atomic E-state index is 0.0140. The zero-order chi connectivity index (χ0) is 32.4. The van der Waals surface area contributed by atoms with Crippen molar-refractivity contribution in [3.63, 3.8) is 0 Å². The molecule has 0 spiro atoms. The van der Waals surface area contributed by atoms with Crippen LogP contribution in [0, 0.1) is 29.6 Å². The largest absolute Gasteiger partial charge is 0.507 e. The Bertz CT molecular complexity index is 1590. The van der Waals surface area contributed by atoms with E-state index < -0.39 is 64.4 Å². The zero-order valence-electron chi connectivity index (χ0n) is 25.7. The number of benzene rings is 2. The van der Waals surface area contributed by atoms with Crippen LogP contribution >= 0.6 is 0 Å². The summed E-state index contributed by atoms with van der Waals surface area (Å²) in [4.78, 5) is 70.9. The molecule has 4 aliphatic rings. The van der Waals surface area contributed by atoms with E-state index in [1.807, 2.05) is 18.2 Å². The van der Waals surface area contributed by atoms with Gasteiger partial charge in [-0.1, -0.05) is 30.3 Å². The van der Waals surface area contributed by atoms with Gasteiger partial charge in [0.1, 0.15) is 11.5 Å². The number of hydrogen-bond acceptors (Lipinski definition) is 10.